The van der Waals surface area contributed by atoms with Gasteiger partial charge in [0.05, 0.1) is 26.1 Å². The number of halogens is 2. The molecule has 0 spiro atoms. The van der Waals surface area contributed by atoms with Gasteiger partial charge in [0.1, 0.15) is 0 Å². The molecule has 0 bridgehead atoms. The Bertz CT molecular complexity index is 949. The van der Waals surface area contributed by atoms with Gasteiger partial charge in [0.15, 0.2) is 4.32 Å². The molecule has 0 aliphatic carbocycles. The van der Waals surface area contributed by atoms with Gasteiger partial charge in [0.2, 0.25) is 0 Å². The minimum atomic E-state index is -0.485. The number of amides is 1. The van der Waals surface area contributed by atoms with Gasteiger partial charge in [-0.1, -0.05) is 47.7 Å². The molecule has 0 saturated carbocycles. The van der Waals surface area contributed by atoms with Gasteiger partial charge in [0.25, 0.3) is 11.6 Å². The highest BCUT2D eigenvalue weighted by molar-refractivity contribution is 9.10. The number of hydrogen-bond donors (Lipinski definition) is 0. The first-order chi connectivity index (χ1) is 11.9. The first kappa shape index (κ1) is 18.1. The number of para-hydroxylation sites is 1. The number of nitro groups is 1. The summed E-state index contributed by atoms with van der Waals surface area (Å²) in [4.78, 5) is 25.0. The molecule has 0 unspecified atom stereocenters. The zero-order chi connectivity index (χ0) is 18.1. The van der Waals surface area contributed by atoms with E-state index in [1.165, 1.54) is 17.0 Å². The van der Waals surface area contributed by atoms with Crippen LogP contribution in [0.5, 0.6) is 0 Å². The Morgan fingerprint density at radius 3 is 2.68 bits per heavy atom. The maximum atomic E-state index is 12.7. The van der Waals surface area contributed by atoms with Crippen LogP contribution in [0.2, 0.25) is 5.02 Å². The Labute approximate surface area is 165 Å². The third-order valence-electron chi connectivity index (χ3n) is 3.38. The highest BCUT2D eigenvalue weighted by Gasteiger charge is 2.34. The van der Waals surface area contributed by atoms with E-state index in [2.05, 4.69) is 15.9 Å². The molecule has 1 heterocycles. The molecule has 3 rings (SSSR count). The number of rotatable bonds is 3. The number of thiocarbonyl (C=S) groups is 1. The molecule has 0 atom stereocenters. The fraction of sp³-hybridized carbons (Fsp3) is 0. The maximum absolute atomic E-state index is 12.7. The minimum absolute atomic E-state index is 0.0699. The summed E-state index contributed by atoms with van der Waals surface area (Å²) in [7, 11) is 0. The molecule has 0 radical (unpaired) electrons. The predicted molar refractivity (Wildman–Crippen MR) is 108 cm³/mol. The van der Waals surface area contributed by atoms with Crippen molar-refractivity contribution < 1.29 is 9.72 Å². The van der Waals surface area contributed by atoms with Gasteiger partial charge < -0.3 is 0 Å². The summed E-state index contributed by atoms with van der Waals surface area (Å²) in [6.07, 6.45) is 1.48. The SMILES string of the molecule is O=C1/C(=C\c2ccccc2[N+](=O)[O-])SC(=S)N1c1ccc(Br)c(Cl)c1. The van der Waals surface area contributed by atoms with Gasteiger partial charge in [-0.05, 0) is 46.3 Å². The summed E-state index contributed by atoms with van der Waals surface area (Å²) in [5.41, 5.74) is 0.822. The van der Waals surface area contributed by atoms with E-state index in [9.17, 15) is 14.9 Å². The second-order valence-electron chi connectivity index (χ2n) is 4.93. The van der Waals surface area contributed by atoms with Crippen molar-refractivity contribution in [3.8, 4) is 0 Å². The van der Waals surface area contributed by atoms with Crippen LogP contribution in [-0.2, 0) is 4.79 Å². The maximum Gasteiger partial charge on any atom is 0.276 e. The van der Waals surface area contributed by atoms with E-state index >= 15 is 0 Å². The third kappa shape index (κ3) is 3.62. The van der Waals surface area contributed by atoms with E-state index in [4.69, 9.17) is 23.8 Å². The number of carbonyl (C=O) groups excluding carboxylic acids is 1. The molecule has 0 N–H and O–H groups in total. The molecule has 1 fully saturated rings. The van der Waals surface area contributed by atoms with Crippen LogP contribution in [-0.4, -0.2) is 15.2 Å². The van der Waals surface area contributed by atoms with Gasteiger partial charge >= 0.3 is 0 Å². The number of anilines is 1. The predicted octanol–water partition coefficient (Wildman–Crippen LogP) is 5.42. The Kier molecular flexibility index (Phi) is 5.24. The Morgan fingerprint density at radius 1 is 1.28 bits per heavy atom. The number of nitro benzene ring substituents is 1. The number of carbonyl (C=O) groups is 1. The lowest BCUT2D eigenvalue weighted by Gasteiger charge is -2.15. The van der Waals surface area contributed by atoms with Crippen molar-refractivity contribution in [2.45, 2.75) is 0 Å². The van der Waals surface area contributed by atoms with Gasteiger partial charge in [0, 0.05) is 10.5 Å². The zero-order valence-electron chi connectivity index (χ0n) is 12.3. The largest absolute Gasteiger partial charge is 0.276 e. The van der Waals surface area contributed by atoms with E-state index < -0.39 is 4.92 Å². The van der Waals surface area contributed by atoms with E-state index in [-0.39, 0.29) is 11.6 Å². The number of thioether (sulfide) groups is 1. The van der Waals surface area contributed by atoms with Crippen LogP contribution >= 0.6 is 51.5 Å². The summed E-state index contributed by atoms with van der Waals surface area (Å²) in [6, 6.07) is 11.3. The average Bonchev–Trinajstić information content (AvgIpc) is 2.84. The fourth-order valence-corrected chi connectivity index (χ4v) is 3.94. The lowest BCUT2D eigenvalue weighted by atomic mass is 10.1. The fourth-order valence-electron chi connectivity index (χ4n) is 2.23. The van der Waals surface area contributed by atoms with E-state index in [1.807, 2.05) is 0 Å². The third-order valence-corrected chi connectivity index (χ3v) is 5.91. The van der Waals surface area contributed by atoms with Crippen LogP contribution in [0.15, 0.2) is 51.8 Å². The van der Waals surface area contributed by atoms with Crippen molar-refractivity contribution in [3.05, 3.63) is 72.5 Å². The summed E-state index contributed by atoms with van der Waals surface area (Å²) < 4.78 is 1.05. The molecule has 9 heteroatoms. The molecular formula is C16H8BrClN2O3S2. The summed E-state index contributed by atoms with van der Waals surface area (Å²) in [6.45, 7) is 0. The van der Waals surface area contributed by atoms with E-state index in [0.717, 1.165) is 11.8 Å². The molecule has 2 aromatic rings. The van der Waals surface area contributed by atoms with Crippen molar-refractivity contribution in [1.82, 2.24) is 0 Å². The quantitative estimate of drug-likeness (QED) is 0.268. The Balaban J connectivity index is 1.99. The lowest BCUT2D eigenvalue weighted by molar-refractivity contribution is -0.385. The number of benzene rings is 2. The summed E-state index contributed by atoms with van der Waals surface area (Å²) >= 11 is 15.8. The molecule has 1 amide bonds. The molecule has 0 aromatic heterocycles. The molecule has 1 aliphatic heterocycles. The first-order valence-corrected chi connectivity index (χ1v) is 9.24. The van der Waals surface area contributed by atoms with Crippen LogP contribution in [0.25, 0.3) is 6.08 Å². The highest BCUT2D eigenvalue weighted by Crippen LogP contribution is 2.38. The zero-order valence-corrected chi connectivity index (χ0v) is 16.3. The molecule has 5 nitrogen and oxygen atoms in total. The van der Waals surface area contributed by atoms with Crippen molar-refractivity contribution in [2.24, 2.45) is 0 Å². The molecule has 25 heavy (non-hydrogen) atoms. The second kappa shape index (κ2) is 7.25. The topological polar surface area (TPSA) is 63.4 Å². The standard InChI is InChI=1S/C16H8BrClN2O3S2/c17-11-6-5-10(8-12(11)18)19-15(21)14(25-16(19)24)7-9-3-1-2-4-13(9)20(22)23/h1-8H/b14-7+. The molecule has 1 saturated heterocycles. The Hall–Kier alpha value is -1.74. The second-order valence-corrected chi connectivity index (χ2v) is 7.87. The van der Waals surface area contributed by atoms with Crippen LogP contribution < -0.4 is 4.90 Å². The highest BCUT2D eigenvalue weighted by atomic mass is 79.9. The van der Waals surface area contributed by atoms with Crippen molar-refractivity contribution >= 4 is 79.2 Å². The average molecular weight is 456 g/mol. The summed E-state index contributed by atoms with van der Waals surface area (Å²) in [5.74, 6) is -0.341. The van der Waals surface area contributed by atoms with Gasteiger partial charge in [-0.3, -0.25) is 19.8 Å². The molecular weight excluding hydrogens is 448 g/mol. The smallest absolute Gasteiger partial charge is 0.268 e. The van der Waals surface area contributed by atoms with E-state index in [1.54, 1.807) is 36.4 Å². The van der Waals surface area contributed by atoms with Crippen molar-refractivity contribution in [2.75, 3.05) is 4.90 Å². The van der Waals surface area contributed by atoms with Gasteiger partial charge in [-0.2, -0.15) is 0 Å². The Morgan fingerprint density at radius 2 is 2.00 bits per heavy atom. The monoisotopic (exact) mass is 454 g/mol. The lowest BCUT2D eigenvalue weighted by Crippen LogP contribution is -2.27. The molecule has 1 aliphatic rings. The first-order valence-electron chi connectivity index (χ1n) is 6.85. The van der Waals surface area contributed by atoms with Crippen LogP contribution in [0.3, 0.4) is 0 Å². The summed E-state index contributed by atoms with van der Waals surface area (Å²) in [5, 5.41) is 11.6. The van der Waals surface area contributed by atoms with Gasteiger partial charge in [-0.25, -0.2) is 0 Å². The van der Waals surface area contributed by atoms with Crippen LogP contribution in [0.4, 0.5) is 11.4 Å². The molecule has 126 valence electrons. The van der Waals surface area contributed by atoms with Gasteiger partial charge in [-0.15, -0.1) is 0 Å². The van der Waals surface area contributed by atoms with Crippen LogP contribution in [0.1, 0.15) is 5.56 Å². The molecule has 2 aromatic carbocycles. The van der Waals surface area contributed by atoms with Crippen molar-refractivity contribution in [3.63, 3.8) is 0 Å². The minimum Gasteiger partial charge on any atom is -0.268 e. The van der Waals surface area contributed by atoms with Crippen molar-refractivity contribution in [1.29, 1.82) is 0 Å². The van der Waals surface area contributed by atoms with Crippen LogP contribution in [0, 0.1) is 10.1 Å². The number of nitrogens with zero attached hydrogens (tertiary/aromatic N) is 2. The number of hydrogen-bond acceptors (Lipinski definition) is 5. The van der Waals surface area contributed by atoms with E-state index in [0.29, 0.717) is 30.0 Å². The normalized spacial score (nSPS) is 15.9.